The molecule has 7 nitrogen and oxygen atoms in total. The number of nitrogens with one attached hydrogen (secondary N) is 1. The molecule has 0 fully saturated rings. The molecule has 0 aliphatic heterocycles. The first-order valence-corrected chi connectivity index (χ1v) is 11.5. The Morgan fingerprint density at radius 3 is 2.19 bits per heavy atom. The van der Waals surface area contributed by atoms with Gasteiger partial charge < -0.3 is 14.8 Å². The van der Waals surface area contributed by atoms with Crippen molar-refractivity contribution >= 4 is 27.3 Å². The van der Waals surface area contributed by atoms with E-state index in [1.807, 2.05) is 18.2 Å². The number of nitrogens with zero attached hydrogens (tertiary/aromatic N) is 1. The van der Waals surface area contributed by atoms with Crippen LogP contribution in [0.25, 0.3) is 0 Å². The standard InChI is InChI=1S/C23H24N2O5S/c1-3-29-22-16-10-8-14-20(22)25(31(2,27)28)17-23(26)24-19-13-7-9-15-21(19)30-18-11-5-4-6-12-18/h4-16H,3,17H2,1-2H3,(H,24,26). The van der Waals surface area contributed by atoms with Gasteiger partial charge in [0.25, 0.3) is 0 Å². The largest absolute Gasteiger partial charge is 0.492 e. The molecule has 3 aromatic carbocycles. The second kappa shape index (κ2) is 9.99. The number of carbonyl (C=O) groups excluding carboxylic acids is 1. The zero-order valence-electron chi connectivity index (χ0n) is 17.3. The van der Waals surface area contributed by atoms with Gasteiger partial charge in [-0.3, -0.25) is 9.10 Å². The molecular weight excluding hydrogens is 416 g/mol. The molecule has 3 aromatic rings. The number of benzene rings is 3. The van der Waals surface area contributed by atoms with Gasteiger partial charge in [0.15, 0.2) is 5.75 Å². The number of anilines is 2. The van der Waals surface area contributed by atoms with Crippen molar-refractivity contribution in [1.29, 1.82) is 0 Å². The average molecular weight is 441 g/mol. The van der Waals surface area contributed by atoms with Gasteiger partial charge in [0, 0.05) is 0 Å². The van der Waals surface area contributed by atoms with Crippen LogP contribution in [0, 0.1) is 0 Å². The van der Waals surface area contributed by atoms with E-state index < -0.39 is 22.5 Å². The highest BCUT2D eigenvalue weighted by Crippen LogP contribution is 2.31. The zero-order valence-corrected chi connectivity index (χ0v) is 18.1. The molecule has 0 unspecified atom stereocenters. The van der Waals surface area contributed by atoms with E-state index in [0.717, 1.165) is 10.6 Å². The van der Waals surface area contributed by atoms with Crippen molar-refractivity contribution < 1.29 is 22.7 Å². The van der Waals surface area contributed by atoms with Crippen LogP contribution in [-0.4, -0.2) is 33.7 Å². The van der Waals surface area contributed by atoms with Crippen LogP contribution in [0.3, 0.4) is 0 Å². The summed E-state index contributed by atoms with van der Waals surface area (Å²) in [6.07, 6.45) is 1.05. The molecule has 0 aliphatic carbocycles. The minimum absolute atomic E-state index is 0.302. The Morgan fingerprint density at radius 2 is 1.52 bits per heavy atom. The Kier molecular flexibility index (Phi) is 7.15. The van der Waals surface area contributed by atoms with Gasteiger partial charge in [-0.05, 0) is 43.3 Å². The third-order valence-corrected chi connectivity index (χ3v) is 5.38. The molecule has 3 rings (SSSR count). The maximum absolute atomic E-state index is 12.8. The van der Waals surface area contributed by atoms with Crippen molar-refractivity contribution in [3.63, 3.8) is 0 Å². The van der Waals surface area contributed by atoms with Crippen LogP contribution in [0.15, 0.2) is 78.9 Å². The number of sulfonamides is 1. The molecule has 0 radical (unpaired) electrons. The maximum atomic E-state index is 12.8. The Hall–Kier alpha value is -3.52. The first-order valence-electron chi connectivity index (χ1n) is 9.70. The lowest BCUT2D eigenvalue weighted by molar-refractivity contribution is -0.114. The van der Waals surface area contributed by atoms with Crippen LogP contribution in [0.2, 0.25) is 0 Å². The van der Waals surface area contributed by atoms with Crippen molar-refractivity contribution in [2.24, 2.45) is 0 Å². The molecule has 1 amide bonds. The van der Waals surface area contributed by atoms with Gasteiger partial charge >= 0.3 is 0 Å². The van der Waals surface area contributed by atoms with E-state index in [4.69, 9.17) is 9.47 Å². The van der Waals surface area contributed by atoms with Crippen LogP contribution in [-0.2, 0) is 14.8 Å². The Bertz CT molecular complexity index is 1130. The molecule has 0 spiro atoms. The quantitative estimate of drug-likeness (QED) is 0.537. The maximum Gasteiger partial charge on any atom is 0.245 e. The van der Waals surface area contributed by atoms with Crippen LogP contribution in [0.1, 0.15) is 6.92 Å². The summed E-state index contributed by atoms with van der Waals surface area (Å²) in [5.41, 5.74) is 0.735. The Balaban J connectivity index is 1.82. The molecular formula is C23H24N2O5S. The molecule has 0 heterocycles. The van der Waals surface area contributed by atoms with Crippen molar-refractivity contribution in [2.75, 3.05) is 29.0 Å². The highest BCUT2D eigenvalue weighted by atomic mass is 32.2. The van der Waals surface area contributed by atoms with E-state index in [9.17, 15) is 13.2 Å². The topological polar surface area (TPSA) is 84.9 Å². The average Bonchev–Trinajstić information content (AvgIpc) is 2.74. The van der Waals surface area contributed by atoms with Gasteiger partial charge in [-0.1, -0.05) is 42.5 Å². The number of hydrogen-bond acceptors (Lipinski definition) is 5. The summed E-state index contributed by atoms with van der Waals surface area (Å²) in [5, 5.41) is 2.74. The fourth-order valence-corrected chi connectivity index (χ4v) is 3.78. The van der Waals surface area contributed by atoms with Crippen LogP contribution in [0.5, 0.6) is 17.2 Å². The minimum Gasteiger partial charge on any atom is -0.492 e. The van der Waals surface area contributed by atoms with Crippen LogP contribution < -0.4 is 19.1 Å². The van der Waals surface area contributed by atoms with Gasteiger partial charge in [0.2, 0.25) is 15.9 Å². The predicted octanol–water partition coefficient (Wildman–Crippen LogP) is 4.28. The number of amides is 1. The van der Waals surface area contributed by atoms with Gasteiger partial charge in [-0.15, -0.1) is 0 Å². The van der Waals surface area contributed by atoms with Gasteiger partial charge in [-0.2, -0.15) is 0 Å². The number of carbonyl (C=O) groups is 1. The normalized spacial score (nSPS) is 10.9. The second-order valence-electron chi connectivity index (χ2n) is 6.63. The molecule has 0 atom stereocenters. The molecule has 0 bridgehead atoms. The fourth-order valence-electron chi connectivity index (χ4n) is 2.92. The van der Waals surface area contributed by atoms with Crippen LogP contribution in [0.4, 0.5) is 11.4 Å². The fraction of sp³-hybridized carbons (Fsp3) is 0.174. The van der Waals surface area contributed by atoms with Gasteiger partial charge in [-0.25, -0.2) is 8.42 Å². The Morgan fingerprint density at radius 1 is 0.903 bits per heavy atom. The summed E-state index contributed by atoms with van der Waals surface area (Å²) in [4.78, 5) is 12.8. The summed E-state index contributed by atoms with van der Waals surface area (Å²) in [5.74, 6) is 0.937. The van der Waals surface area contributed by atoms with Crippen molar-refractivity contribution in [2.45, 2.75) is 6.92 Å². The molecule has 31 heavy (non-hydrogen) atoms. The highest BCUT2D eigenvalue weighted by Gasteiger charge is 2.24. The first-order chi connectivity index (χ1) is 14.9. The molecule has 162 valence electrons. The third kappa shape index (κ3) is 5.99. The first kappa shape index (κ1) is 22.2. The van der Waals surface area contributed by atoms with E-state index in [-0.39, 0.29) is 0 Å². The summed E-state index contributed by atoms with van der Waals surface area (Å²) in [6, 6.07) is 22.8. The number of rotatable bonds is 9. The molecule has 0 aliphatic rings. The van der Waals surface area contributed by atoms with E-state index in [1.165, 1.54) is 0 Å². The summed E-state index contributed by atoms with van der Waals surface area (Å²) >= 11 is 0. The lowest BCUT2D eigenvalue weighted by atomic mass is 10.2. The summed E-state index contributed by atoms with van der Waals surface area (Å²) in [7, 11) is -3.74. The number of ether oxygens (including phenoxy) is 2. The highest BCUT2D eigenvalue weighted by molar-refractivity contribution is 7.92. The molecule has 0 saturated heterocycles. The van der Waals surface area contributed by atoms with E-state index in [0.29, 0.717) is 35.2 Å². The van der Waals surface area contributed by atoms with Crippen LogP contribution >= 0.6 is 0 Å². The number of para-hydroxylation sites is 5. The monoisotopic (exact) mass is 440 g/mol. The van der Waals surface area contributed by atoms with Crippen molar-refractivity contribution in [3.8, 4) is 17.2 Å². The van der Waals surface area contributed by atoms with Crippen molar-refractivity contribution in [1.82, 2.24) is 0 Å². The lowest BCUT2D eigenvalue weighted by Crippen LogP contribution is -2.37. The summed E-state index contributed by atoms with van der Waals surface area (Å²) < 4.78 is 37.3. The Labute approximate surface area is 182 Å². The van der Waals surface area contributed by atoms with Crippen molar-refractivity contribution in [3.05, 3.63) is 78.9 Å². The predicted molar refractivity (Wildman–Crippen MR) is 121 cm³/mol. The smallest absolute Gasteiger partial charge is 0.245 e. The van der Waals surface area contributed by atoms with Gasteiger partial charge in [0.05, 0.1) is 24.2 Å². The van der Waals surface area contributed by atoms with E-state index in [1.54, 1.807) is 67.6 Å². The molecule has 8 heteroatoms. The molecule has 0 saturated carbocycles. The lowest BCUT2D eigenvalue weighted by Gasteiger charge is -2.24. The minimum atomic E-state index is -3.74. The van der Waals surface area contributed by atoms with E-state index >= 15 is 0 Å². The molecule has 0 aromatic heterocycles. The number of hydrogen-bond donors (Lipinski definition) is 1. The molecule has 1 N–H and O–H groups in total. The SMILES string of the molecule is CCOc1ccccc1N(CC(=O)Nc1ccccc1Oc1ccccc1)S(C)(=O)=O. The van der Waals surface area contributed by atoms with Gasteiger partial charge in [0.1, 0.15) is 18.0 Å². The third-order valence-electron chi connectivity index (χ3n) is 4.25. The second-order valence-corrected chi connectivity index (χ2v) is 8.54. The van der Waals surface area contributed by atoms with E-state index in [2.05, 4.69) is 5.32 Å². The summed E-state index contributed by atoms with van der Waals surface area (Å²) in [6.45, 7) is 1.76. The zero-order chi connectivity index (χ0) is 22.3.